The number of benzene rings is 1. The second-order valence-corrected chi connectivity index (χ2v) is 5.08. The maximum atomic E-state index is 13.5. The molecule has 0 unspecified atom stereocenters. The first-order chi connectivity index (χ1) is 9.47. The van der Waals surface area contributed by atoms with Gasteiger partial charge in [-0.2, -0.15) is 0 Å². The van der Waals surface area contributed by atoms with Gasteiger partial charge in [-0.05, 0) is 30.7 Å². The first-order valence-electron chi connectivity index (χ1n) is 5.82. The highest BCUT2D eigenvalue weighted by Crippen LogP contribution is 2.14. The second-order valence-electron chi connectivity index (χ2n) is 4.26. The Labute approximate surface area is 118 Å². The number of hydrogen-bond acceptors (Lipinski definition) is 3. The summed E-state index contributed by atoms with van der Waals surface area (Å²) in [5.74, 6) is -1.64. The summed E-state index contributed by atoms with van der Waals surface area (Å²) in [6.07, 6.45) is 2.08. The van der Waals surface area contributed by atoms with Crippen molar-refractivity contribution in [1.29, 1.82) is 0 Å². The molecule has 6 heteroatoms. The first kappa shape index (κ1) is 14.2. The molecule has 1 aromatic carbocycles. The van der Waals surface area contributed by atoms with Crippen LogP contribution in [0.4, 0.5) is 4.39 Å². The molecule has 2 rings (SSSR count). The topological polar surface area (TPSA) is 59.3 Å². The van der Waals surface area contributed by atoms with E-state index >= 15 is 0 Å². The highest BCUT2D eigenvalue weighted by molar-refractivity contribution is 7.07. The van der Waals surface area contributed by atoms with Crippen molar-refractivity contribution < 1.29 is 14.3 Å². The first-order valence-corrected chi connectivity index (χ1v) is 6.69. The third kappa shape index (κ3) is 3.21. The molecule has 20 heavy (non-hydrogen) atoms. The van der Waals surface area contributed by atoms with Crippen LogP contribution in [0.3, 0.4) is 0 Å². The average molecular weight is 293 g/mol. The van der Waals surface area contributed by atoms with E-state index in [1.165, 1.54) is 12.1 Å². The van der Waals surface area contributed by atoms with Crippen molar-refractivity contribution >= 4 is 23.4 Å². The molecule has 0 saturated heterocycles. The molecule has 1 heterocycles. The molecule has 0 atom stereocenters. The molecule has 0 amide bonds. The van der Waals surface area contributed by atoms with Crippen LogP contribution in [0.15, 0.2) is 34.4 Å². The molecule has 0 radical (unpaired) electrons. The summed E-state index contributed by atoms with van der Waals surface area (Å²) >= 11 is 1.11. The summed E-state index contributed by atoms with van der Waals surface area (Å²) in [6.45, 7) is 2.16. The van der Waals surface area contributed by atoms with Crippen molar-refractivity contribution in [3.05, 3.63) is 62.0 Å². The van der Waals surface area contributed by atoms with Crippen molar-refractivity contribution in [1.82, 2.24) is 4.57 Å². The summed E-state index contributed by atoms with van der Waals surface area (Å²) < 4.78 is 15.1. The monoisotopic (exact) mass is 293 g/mol. The second kappa shape index (κ2) is 5.83. The van der Waals surface area contributed by atoms with E-state index in [9.17, 15) is 14.0 Å². The van der Waals surface area contributed by atoms with Gasteiger partial charge in [0, 0.05) is 22.7 Å². The van der Waals surface area contributed by atoms with Crippen molar-refractivity contribution in [2.75, 3.05) is 0 Å². The smallest absolute Gasteiger partial charge is 0.328 e. The number of carboxylic acid groups (broad SMARTS) is 1. The Bertz CT molecular complexity index is 730. The lowest BCUT2D eigenvalue weighted by Crippen LogP contribution is -2.15. The molecule has 0 fully saturated rings. The SMILES string of the molecule is Cc1csc(=O)n1Cc1ccc(F)c(C=CC(=O)O)c1. The summed E-state index contributed by atoms with van der Waals surface area (Å²) in [5.41, 5.74) is 1.76. The molecule has 0 saturated carbocycles. The summed E-state index contributed by atoms with van der Waals surface area (Å²) in [4.78, 5) is 22.0. The van der Waals surface area contributed by atoms with Gasteiger partial charge in [0.05, 0.1) is 6.54 Å². The third-order valence-electron chi connectivity index (χ3n) is 2.78. The number of carboxylic acids is 1. The number of hydrogen-bond donors (Lipinski definition) is 1. The van der Waals surface area contributed by atoms with Crippen molar-refractivity contribution in [3.8, 4) is 0 Å². The van der Waals surface area contributed by atoms with Crippen LogP contribution in [0.2, 0.25) is 0 Å². The Morgan fingerprint density at radius 1 is 1.50 bits per heavy atom. The van der Waals surface area contributed by atoms with E-state index in [0.29, 0.717) is 6.54 Å². The summed E-state index contributed by atoms with van der Waals surface area (Å²) in [7, 11) is 0. The Morgan fingerprint density at radius 3 is 2.85 bits per heavy atom. The molecule has 4 nitrogen and oxygen atoms in total. The maximum Gasteiger partial charge on any atom is 0.328 e. The van der Waals surface area contributed by atoms with Gasteiger partial charge in [0.1, 0.15) is 5.82 Å². The van der Waals surface area contributed by atoms with E-state index in [0.717, 1.165) is 28.7 Å². The normalized spacial score (nSPS) is 11.1. The van der Waals surface area contributed by atoms with Gasteiger partial charge >= 0.3 is 10.8 Å². The molecule has 0 aliphatic rings. The predicted octanol–water partition coefficient (Wildman–Crippen LogP) is 2.50. The fraction of sp³-hybridized carbons (Fsp3) is 0.143. The van der Waals surface area contributed by atoms with Crippen LogP contribution in [0.1, 0.15) is 16.8 Å². The lowest BCUT2D eigenvalue weighted by molar-refractivity contribution is -0.131. The number of carbonyl (C=O) groups is 1. The minimum atomic E-state index is -1.14. The number of nitrogens with zero attached hydrogens (tertiary/aromatic N) is 1. The maximum absolute atomic E-state index is 13.5. The van der Waals surface area contributed by atoms with E-state index in [1.54, 1.807) is 22.1 Å². The van der Waals surface area contributed by atoms with Crippen LogP contribution in [0.5, 0.6) is 0 Å². The Balaban J connectivity index is 2.32. The van der Waals surface area contributed by atoms with E-state index in [4.69, 9.17) is 5.11 Å². The van der Waals surface area contributed by atoms with Gasteiger partial charge in [0.25, 0.3) is 0 Å². The highest BCUT2D eigenvalue weighted by Gasteiger charge is 2.06. The number of aliphatic carboxylic acids is 1. The van der Waals surface area contributed by atoms with Crippen molar-refractivity contribution in [2.24, 2.45) is 0 Å². The van der Waals surface area contributed by atoms with Crippen LogP contribution < -0.4 is 4.87 Å². The fourth-order valence-electron chi connectivity index (χ4n) is 1.76. The minimum Gasteiger partial charge on any atom is -0.478 e. The highest BCUT2D eigenvalue weighted by atomic mass is 32.1. The lowest BCUT2D eigenvalue weighted by Gasteiger charge is -2.06. The van der Waals surface area contributed by atoms with Crippen LogP contribution in [-0.2, 0) is 11.3 Å². The zero-order valence-electron chi connectivity index (χ0n) is 10.7. The minimum absolute atomic E-state index is 0.0746. The fourth-order valence-corrected chi connectivity index (χ4v) is 2.49. The number of aromatic nitrogens is 1. The summed E-state index contributed by atoms with van der Waals surface area (Å²) in [5, 5.41) is 10.3. The largest absolute Gasteiger partial charge is 0.478 e. The molecule has 1 N–H and O–H groups in total. The zero-order chi connectivity index (χ0) is 14.7. The Hall–Kier alpha value is -2.21. The van der Waals surface area contributed by atoms with E-state index in [2.05, 4.69) is 0 Å². The van der Waals surface area contributed by atoms with Gasteiger partial charge < -0.3 is 5.11 Å². The molecule has 0 bridgehead atoms. The van der Waals surface area contributed by atoms with E-state index in [-0.39, 0.29) is 10.4 Å². The quantitative estimate of drug-likeness (QED) is 0.881. The number of halogens is 1. The molecule has 2 aromatic rings. The van der Waals surface area contributed by atoms with Crippen LogP contribution in [0.25, 0.3) is 6.08 Å². The zero-order valence-corrected chi connectivity index (χ0v) is 11.5. The van der Waals surface area contributed by atoms with Gasteiger partial charge in [-0.25, -0.2) is 9.18 Å². The van der Waals surface area contributed by atoms with Gasteiger partial charge in [-0.15, -0.1) is 0 Å². The van der Waals surface area contributed by atoms with Gasteiger partial charge in [0.15, 0.2) is 0 Å². The standard InChI is InChI=1S/C14H12FNO3S/c1-9-8-20-14(19)16(9)7-10-2-4-12(15)11(6-10)3-5-13(17)18/h2-6,8H,7H2,1H3,(H,17,18). The Kier molecular flexibility index (Phi) is 4.14. The molecule has 0 aliphatic heterocycles. The average Bonchev–Trinajstić information content (AvgIpc) is 2.71. The number of thiazole rings is 1. The predicted molar refractivity (Wildman–Crippen MR) is 75.5 cm³/mol. The molecular weight excluding hydrogens is 281 g/mol. The molecular formula is C14H12FNO3S. The molecule has 0 spiro atoms. The Morgan fingerprint density at radius 2 is 2.25 bits per heavy atom. The van der Waals surface area contributed by atoms with Crippen molar-refractivity contribution in [2.45, 2.75) is 13.5 Å². The number of aryl methyl sites for hydroxylation is 1. The van der Waals surface area contributed by atoms with E-state index in [1.807, 2.05) is 6.92 Å². The van der Waals surface area contributed by atoms with Crippen LogP contribution >= 0.6 is 11.3 Å². The molecule has 1 aromatic heterocycles. The molecule has 104 valence electrons. The van der Waals surface area contributed by atoms with Crippen molar-refractivity contribution in [3.63, 3.8) is 0 Å². The van der Waals surface area contributed by atoms with E-state index < -0.39 is 11.8 Å². The van der Waals surface area contributed by atoms with Crippen LogP contribution in [-0.4, -0.2) is 15.6 Å². The third-order valence-corrected chi connectivity index (χ3v) is 3.66. The van der Waals surface area contributed by atoms with Gasteiger partial charge in [0.2, 0.25) is 0 Å². The summed E-state index contributed by atoms with van der Waals surface area (Å²) in [6, 6.07) is 4.39. The van der Waals surface area contributed by atoms with Gasteiger partial charge in [-0.1, -0.05) is 17.4 Å². The molecule has 0 aliphatic carbocycles. The van der Waals surface area contributed by atoms with Gasteiger partial charge in [-0.3, -0.25) is 9.36 Å². The number of rotatable bonds is 4. The van der Waals surface area contributed by atoms with Crippen LogP contribution in [0, 0.1) is 12.7 Å². The lowest BCUT2D eigenvalue weighted by atomic mass is 10.1.